The maximum Gasteiger partial charge on any atom is 0.204 e. The summed E-state index contributed by atoms with van der Waals surface area (Å²) in [6.45, 7) is 10.1. The highest BCUT2D eigenvalue weighted by Gasteiger charge is 2.24. The highest BCUT2D eigenvalue weighted by atomic mass is 16.5. The molecule has 0 saturated heterocycles. The van der Waals surface area contributed by atoms with E-state index in [1.165, 1.54) is 19.2 Å². The molecule has 0 saturated carbocycles. The van der Waals surface area contributed by atoms with E-state index in [1.54, 1.807) is 0 Å². The molecule has 3 rings (SSSR count). The lowest BCUT2D eigenvalue weighted by atomic mass is 9.87. The van der Waals surface area contributed by atoms with Crippen LogP contribution in [0.25, 0.3) is 21.9 Å². The minimum atomic E-state index is -0.422. The predicted octanol–water partition coefficient (Wildman–Crippen LogP) is 5.56. The molecule has 0 aliphatic carbocycles. The molecular weight excluding hydrogens is 396 g/mol. The van der Waals surface area contributed by atoms with E-state index in [9.17, 15) is 20.1 Å². The average molecular weight is 427 g/mol. The highest BCUT2D eigenvalue weighted by Crippen LogP contribution is 2.41. The zero-order chi connectivity index (χ0) is 23.1. The monoisotopic (exact) mass is 426 g/mol. The van der Waals surface area contributed by atoms with Gasteiger partial charge in [-0.15, -0.1) is 0 Å². The lowest BCUT2D eigenvalue weighted by molar-refractivity contribution is 0.355. The molecule has 3 aromatic rings. The van der Waals surface area contributed by atoms with Gasteiger partial charge in [-0.25, -0.2) is 0 Å². The van der Waals surface area contributed by atoms with Crippen LogP contribution in [-0.2, 0) is 12.8 Å². The third kappa shape index (κ3) is 4.33. The lowest BCUT2D eigenvalue weighted by Gasteiger charge is -2.20. The van der Waals surface area contributed by atoms with Crippen molar-refractivity contribution in [1.29, 1.82) is 0 Å². The Balaban J connectivity index is 2.40. The van der Waals surface area contributed by atoms with Gasteiger partial charge in [0.25, 0.3) is 0 Å². The van der Waals surface area contributed by atoms with Crippen molar-refractivity contribution in [3.63, 3.8) is 0 Å². The molecule has 0 atom stereocenters. The Morgan fingerprint density at radius 2 is 1.65 bits per heavy atom. The molecule has 2 aromatic carbocycles. The minimum Gasteiger partial charge on any atom is -0.507 e. The molecule has 6 heteroatoms. The second-order valence-corrected chi connectivity index (χ2v) is 9.35. The number of benzene rings is 2. The van der Waals surface area contributed by atoms with E-state index in [0.717, 1.165) is 12.0 Å². The lowest BCUT2D eigenvalue weighted by Crippen LogP contribution is -2.11. The van der Waals surface area contributed by atoms with Crippen molar-refractivity contribution >= 4 is 21.9 Å². The van der Waals surface area contributed by atoms with Crippen molar-refractivity contribution in [3.05, 3.63) is 45.1 Å². The largest absolute Gasteiger partial charge is 0.507 e. The number of phenols is 3. The van der Waals surface area contributed by atoms with Crippen LogP contribution in [0.3, 0.4) is 0 Å². The average Bonchev–Trinajstić information content (AvgIpc) is 2.64. The number of hydrogen-bond donors (Lipinski definition) is 3. The fourth-order valence-electron chi connectivity index (χ4n) is 3.70. The first-order chi connectivity index (χ1) is 14.4. The zero-order valence-electron chi connectivity index (χ0n) is 18.9. The van der Waals surface area contributed by atoms with Crippen molar-refractivity contribution in [1.82, 2.24) is 0 Å². The Kier molecular flexibility index (Phi) is 5.94. The normalized spacial score (nSPS) is 11.8. The Morgan fingerprint density at radius 1 is 1.03 bits per heavy atom. The van der Waals surface area contributed by atoms with Crippen LogP contribution in [0.5, 0.6) is 23.0 Å². The molecular formula is C25H30O6. The first-order valence-corrected chi connectivity index (χ1v) is 10.3. The topological polar surface area (TPSA) is 100 Å². The van der Waals surface area contributed by atoms with E-state index in [1.807, 2.05) is 19.9 Å². The molecule has 0 fully saturated rings. The molecule has 31 heavy (non-hydrogen) atoms. The molecule has 1 aromatic heterocycles. The second kappa shape index (κ2) is 8.17. The summed E-state index contributed by atoms with van der Waals surface area (Å²) in [6.07, 6.45) is 3.37. The third-order valence-electron chi connectivity index (χ3n) is 5.39. The van der Waals surface area contributed by atoms with E-state index < -0.39 is 5.43 Å². The number of aryl methyl sites for hydroxylation is 1. The van der Waals surface area contributed by atoms with Crippen LogP contribution in [0.15, 0.2) is 33.0 Å². The first kappa shape index (κ1) is 22.5. The summed E-state index contributed by atoms with van der Waals surface area (Å²) in [5.74, 6) is -0.353. The summed E-state index contributed by atoms with van der Waals surface area (Å²) >= 11 is 0. The van der Waals surface area contributed by atoms with Crippen molar-refractivity contribution in [3.8, 4) is 23.0 Å². The van der Waals surface area contributed by atoms with Crippen LogP contribution in [0.2, 0.25) is 0 Å². The molecule has 0 amide bonds. The van der Waals surface area contributed by atoms with Crippen molar-refractivity contribution in [2.45, 2.75) is 53.9 Å². The SMILES string of the molecule is COc1c(O)cc2oc3cc(O)c(CC=C(C)C)c(O)c3c(=O)c2c1CCC(C)(C)C. The van der Waals surface area contributed by atoms with Gasteiger partial charge in [-0.05, 0) is 38.5 Å². The van der Waals surface area contributed by atoms with Gasteiger partial charge in [0.05, 0.1) is 12.5 Å². The number of hydrogen-bond acceptors (Lipinski definition) is 6. The summed E-state index contributed by atoms with van der Waals surface area (Å²) in [5.41, 5.74) is 1.63. The van der Waals surface area contributed by atoms with Gasteiger partial charge in [0.15, 0.2) is 11.5 Å². The van der Waals surface area contributed by atoms with Crippen molar-refractivity contribution in [2.24, 2.45) is 5.41 Å². The molecule has 6 nitrogen and oxygen atoms in total. The molecule has 0 aliphatic rings. The van der Waals surface area contributed by atoms with Gasteiger partial charge in [-0.3, -0.25) is 4.79 Å². The maximum atomic E-state index is 13.6. The number of allylic oxidation sites excluding steroid dienone is 2. The Bertz CT molecular complexity index is 1240. The van der Waals surface area contributed by atoms with Gasteiger partial charge in [0.1, 0.15) is 28.1 Å². The summed E-state index contributed by atoms with van der Waals surface area (Å²) in [7, 11) is 1.44. The van der Waals surface area contributed by atoms with Gasteiger partial charge in [-0.2, -0.15) is 0 Å². The molecule has 0 spiro atoms. The number of rotatable bonds is 5. The van der Waals surface area contributed by atoms with Crippen LogP contribution in [0, 0.1) is 5.41 Å². The Morgan fingerprint density at radius 3 is 2.23 bits per heavy atom. The van der Waals surface area contributed by atoms with Gasteiger partial charge in [0, 0.05) is 23.3 Å². The third-order valence-corrected chi connectivity index (χ3v) is 5.39. The molecule has 0 radical (unpaired) electrons. The smallest absolute Gasteiger partial charge is 0.204 e. The Labute approximate surface area is 181 Å². The molecule has 1 heterocycles. The van der Waals surface area contributed by atoms with Crippen LogP contribution in [0.1, 0.15) is 52.2 Å². The van der Waals surface area contributed by atoms with Crippen LogP contribution >= 0.6 is 0 Å². The molecule has 0 unspecified atom stereocenters. The van der Waals surface area contributed by atoms with E-state index in [-0.39, 0.29) is 62.3 Å². The standard InChI is InChI=1S/C25H30O6/c1-13(2)7-8-14-16(26)11-19-21(22(14)28)23(29)20-15(9-10-25(3,4)5)24(30-6)17(27)12-18(20)31-19/h7,11-12,26-28H,8-10H2,1-6H3. The van der Waals surface area contributed by atoms with Crippen LogP contribution in [0.4, 0.5) is 0 Å². The van der Waals surface area contributed by atoms with Gasteiger partial charge >= 0.3 is 0 Å². The first-order valence-electron chi connectivity index (χ1n) is 10.3. The van der Waals surface area contributed by atoms with E-state index >= 15 is 0 Å². The number of methoxy groups -OCH3 is 1. The summed E-state index contributed by atoms with van der Waals surface area (Å²) in [5, 5.41) is 32.0. The molecule has 3 N–H and O–H groups in total. The van der Waals surface area contributed by atoms with E-state index in [2.05, 4.69) is 20.8 Å². The molecule has 0 bridgehead atoms. The Hall–Kier alpha value is -3.15. The van der Waals surface area contributed by atoms with Gasteiger partial charge < -0.3 is 24.5 Å². The van der Waals surface area contributed by atoms with E-state index in [4.69, 9.17) is 9.15 Å². The van der Waals surface area contributed by atoms with E-state index in [0.29, 0.717) is 12.0 Å². The number of ether oxygens (including phenoxy) is 1. The zero-order valence-corrected chi connectivity index (χ0v) is 18.9. The summed E-state index contributed by atoms with van der Waals surface area (Å²) in [6, 6.07) is 2.67. The van der Waals surface area contributed by atoms with Crippen molar-refractivity contribution in [2.75, 3.05) is 7.11 Å². The van der Waals surface area contributed by atoms with Crippen LogP contribution in [-0.4, -0.2) is 22.4 Å². The van der Waals surface area contributed by atoms with Gasteiger partial charge in [0.2, 0.25) is 5.43 Å². The van der Waals surface area contributed by atoms with Crippen LogP contribution < -0.4 is 10.2 Å². The number of phenolic OH excluding ortho intramolecular Hbond substituents is 3. The van der Waals surface area contributed by atoms with Crippen molar-refractivity contribution < 1.29 is 24.5 Å². The summed E-state index contributed by atoms with van der Waals surface area (Å²) in [4.78, 5) is 13.6. The number of fused-ring (bicyclic) bond motifs is 2. The molecule has 166 valence electrons. The summed E-state index contributed by atoms with van der Waals surface area (Å²) < 4.78 is 11.3. The second-order valence-electron chi connectivity index (χ2n) is 9.35. The minimum absolute atomic E-state index is 0.00667. The fourth-order valence-corrected chi connectivity index (χ4v) is 3.70. The maximum absolute atomic E-state index is 13.6. The highest BCUT2D eigenvalue weighted by molar-refractivity contribution is 5.97. The fraction of sp³-hybridized carbons (Fsp3) is 0.400. The molecule has 0 aliphatic heterocycles. The predicted molar refractivity (Wildman–Crippen MR) is 122 cm³/mol. The number of aromatic hydroxyl groups is 3. The van der Waals surface area contributed by atoms with Gasteiger partial charge in [-0.1, -0.05) is 32.4 Å². The quantitative estimate of drug-likeness (QED) is 0.365.